The molecule has 0 N–H and O–H groups in total. The van der Waals surface area contributed by atoms with Crippen LogP contribution in [0.4, 0.5) is 5.69 Å². The van der Waals surface area contributed by atoms with E-state index < -0.39 is 0 Å². The van der Waals surface area contributed by atoms with Gasteiger partial charge in [0.1, 0.15) is 0 Å². The van der Waals surface area contributed by atoms with E-state index in [2.05, 4.69) is 54.6 Å². The molecular weight excluding hydrogens is 146 g/mol. The average molecular weight is 157 g/mol. The highest BCUT2D eigenvalue weighted by molar-refractivity contribution is 5.70. The van der Waals surface area contributed by atoms with Crippen LogP contribution in [-0.4, -0.2) is 7.05 Å². The number of anilines is 1. The first kappa shape index (κ1) is 7.17. The van der Waals surface area contributed by atoms with E-state index in [0.29, 0.717) is 0 Å². The Morgan fingerprint density at radius 1 is 1.08 bits per heavy atom. The summed E-state index contributed by atoms with van der Waals surface area (Å²) in [6.07, 6.45) is 8.28. The standard InChI is InChI=1S/C11H11N/c1-12-9-5-4-7-10-6-2-3-8-11(10)12/h2-9H,1H3. The van der Waals surface area contributed by atoms with Crippen LogP contribution in [0.15, 0.2) is 42.6 Å². The monoisotopic (exact) mass is 157 g/mol. The van der Waals surface area contributed by atoms with E-state index in [4.69, 9.17) is 0 Å². The van der Waals surface area contributed by atoms with E-state index >= 15 is 0 Å². The molecule has 0 amide bonds. The van der Waals surface area contributed by atoms with E-state index in [1.165, 1.54) is 11.3 Å². The van der Waals surface area contributed by atoms with Gasteiger partial charge < -0.3 is 4.90 Å². The Morgan fingerprint density at radius 3 is 2.83 bits per heavy atom. The predicted octanol–water partition coefficient (Wildman–Crippen LogP) is 2.66. The number of hydrogen-bond acceptors (Lipinski definition) is 1. The number of fused-ring (bicyclic) bond motifs is 1. The van der Waals surface area contributed by atoms with Crippen molar-refractivity contribution in [1.29, 1.82) is 0 Å². The van der Waals surface area contributed by atoms with Crippen molar-refractivity contribution in [3.8, 4) is 0 Å². The molecule has 0 saturated heterocycles. The highest BCUT2D eigenvalue weighted by Crippen LogP contribution is 2.22. The fraction of sp³-hybridized carbons (Fsp3) is 0.0909. The molecule has 1 nitrogen and oxygen atoms in total. The molecule has 1 aromatic rings. The molecule has 0 atom stereocenters. The molecule has 0 aliphatic carbocycles. The summed E-state index contributed by atoms with van der Waals surface area (Å²) in [4.78, 5) is 2.12. The Kier molecular flexibility index (Phi) is 1.71. The Balaban J connectivity index is 2.56. The van der Waals surface area contributed by atoms with Crippen molar-refractivity contribution in [3.05, 3.63) is 48.2 Å². The van der Waals surface area contributed by atoms with E-state index in [-0.39, 0.29) is 0 Å². The minimum atomic E-state index is 1.25. The Bertz CT molecular complexity index is 337. The molecule has 0 spiro atoms. The zero-order valence-corrected chi connectivity index (χ0v) is 7.07. The van der Waals surface area contributed by atoms with Gasteiger partial charge in [-0.3, -0.25) is 0 Å². The second-order valence-corrected chi connectivity index (χ2v) is 2.87. The van der Waals surface area contributed by atoms with Crippen molar-refractivity contribution in [2.45, 2.75) is 0 Å². The SMILES string of the molecule is CN1C=CC=Cc2ccccc21. The van der Waals surface area contributed by atoms with Crippen molar-refractivity contribution < 1.29 is 0 Å². The van der Waals surface area contributed by atoms with Crippen molar-refractivity contribution in [2.24, 2.45) is 0 Å². The molecule has 0 aromatic heterocycles. The number of rotatable bonds is 0. The average Bonchev–Trinajstić information content (AvgIpc) is 2.29. The lowest BCUT2D eigenvalue weighted by Crippen LogP contribution is -2.07. The molecule has 12 heavy (non-hydrogen) atoms. The fourth-order valence-corrected chi connectivity index (χ4v) is 1.37. The Hall–Kier alpha value is -1.50. The lowest BCUT2D eigenvalue weighted by Gasteiger charge is -2.14. The first-order valence-corrected chi connectivity index (χ1v) is 4.05. The van der Waals surface area contributed by atoms with E-state index in [1.807, 2.05) is 6.08 Å². The molecule has 2 rings (SSSR count). The lowest BCUT2D eigenvalue weighted by atomic mass is 10.1. The first-order valence-electron chi connectivity index (χ1n) is 4.05. The summed E-state index contributed by atoms with van der Waals surface area (Å²) in [5.74, 6) is 0. The van der Waals surface area contributed by atoms with Crippen LogP contribution < -0.4 is 4.90 Å². The van der Waals surface area contributed by atoms with Crippen molar-refractivity contribution in [1.82, 2.24) is 0 Å². The van der Waals surface area contributed by atoms with Gasteiger partial charge in [0.05, 0.1) is 0 Å². The molecule has 60 valence electrons. The lowest BCUT2D eigenvalue weighted by molar-refractivity contribution is 1.20. The summed E-state index contributed by atoms with van der Waals surface area (Å²) < 4.78 is 0. The van der Waals surface area contributed by atoms with Gasteiger partial charge in [-0.15, -0.1) is 0 Å². The third kappa shape index (κ3) is 1.14. The summed E-state index contributed by atoms with van der Waals surface area (Å²) in [7, 11) is 2.06. The number of benzene rings is 1. The maximum Gasteiger partial charge on any atom is 0.0477 e. The molecule has 0 saturated carbocycles. The van der Waals surface area contributed by atoms with Crippen LogP contribution >= 0.6 is 0 Å². The Labute approximate surface area is 72.6 Å². The summed E-state index contributed by atoms with van der Waals surface area (Å²) in [6.45, 7) is 0. The smallest absolute Gasteiger partial charge is 0.0477 e. The van der Waals surface area contributed by atoms with Gasteiger partial charge >= 0.3 is 0 Å². The zero-order valence-electron chi connectivity index (χ0n) is 7.07. The molecule has 1 aliphatic heterocycles. The Morgan fingerprint density at radius 2 is 1.92 bits per heavy atom. The zero-order chi connectivity index (χ0) is 8.39. The molecule has 1 aliphatic rings. The molecule has 0 fully saturated rings. The van der Waals surface area contributed by atoms with E-state index in [0.717, 1.165) is 0 Å². The normalized spacial score (nSPS) is 14.2. The molecule has 1 heteroatoms. The summed E-state index contributed by atoms with van der Waals surface area (Å²) in [5.41, 5.74) is 2.52. The number of nitrogens with zero attached hydrogens (tertiary/aromatic N) is 1. The summed E-state index contributed by atoms with van der Waals surface area (Å²) in [6, 6.07) is 8.36. The van der Waals surface area contributed by atoms with Crippen LogP contribution in [0.2, 0.25) is 0 Å². The molecule has 1 aromatic carbocycles. The van der Waals surface area contributed by atoms with Crippen LogP contribution in [0.5, 0.6) is 0 Å². The maximum atomic E-state index is 2.12. The molecule has 0 unspecified atom stereocenters. The van der Waals surface area contributed by atoms with E-state index in [1.54, 1.807) is 0 Å². The van der Waals surface area contributed by atoms with Crippen molar-refractivity contribution in [3.63, 3.8) is 0 Å². The number of hydrogen-bond donors (Lipinski definition) is 0. The minimum Gasteiger partial charge on any atom is -0.351 e. The van der Waals surface area contributed by atoms with E-state index in [9.17, 15) is 0 Å². The van der Waals surface area contributed by atoms with Gasteiger partial charge in [-0.25, -0.2) is 0 Å². The second kappa shape index (κ2) is 2.86. The highest BCUT2D eigenvalue weighted by Gasteiger charge is 2.02. The van der Waals surface area contributed by atoms with Crippen LogP contribution in [-0.2, 0) is 0 Å². The first-order chi connectivity index (χ1) is 5.88. The van der Waals surface area contributed by atoms with Gasteiger partial charge in [0.2, 0.25) is 0 Å². The molecular formula is C11H11N. The van der Waals surface area contributed by atoms with Crippen LogP contribution in [0.1, 0.15) is 5.56 Å². The maximum absolute atomic E-state index is 2.12. The van der Waals surface area contributed by atoms with Gasteiger partial charge in [-0.05, 0) is 17.7 Å². The highest BCUT2D eigenvalue weighted by atomic mass is 15.1. The van der Waals surface area contributed by atoms with Gasteiger partial charge in [0, 0.05) is 18.9 Å². The molecule has 1 heterocycles. The molecule has 0 radical (unpaired) electrons. The summed E-state index contributed by atoms with van der Waals surface area (Å²) in [5, 5.41) is 0. The summed E-state index contributed by atoms with van der Waals surface area (Å²) >= 11 is 0. The van der Waals surface area contributed by atoms with Gasteiger partial charge in [-0.2, -0.15) is 0 Å². The van der Waals surface area contributed by atoms with Gasteiger partial charge in [-0.1, -0.05) is 30.4 Å². The topological polar surface area (TPSA) is 3.24 Å². The van der Waals surface area contributed by atoms with Crippen LogP contribution in [0.3, 0.4) is 0 Å². The van der Waals surface area contributed by atoms with Crippen LogP contribution in [0, 0.1) is 0 Å². The number of allylic oxidation sites excluding steroid dienone is 2. The van der Waals surface area contributed by atoms with Crippen molar-refractivity contribution in [2.75, 3.05) is 11.9 Å². The van der Waals surface area contributed by atoms with Crippen molar-refractivity contribution >= 4 is 11.8 Å². The third-order valence-electron chi connectivity index (χ3n) is 2.01. The van der Waals surface area contributed by atoms with Crippen LogP contribution in [0.25, 0.3) is 6.08 Å². The largest absolute Gasteiger partial charge is 0.351 e. The number of para-hydroxylation sites is 1. The third-order valence-corrected chi connectivity index (χ3v) is 2.01. The fourth-order valence-electron chi connectivity index (χ4n) is 1.37. The minimum absolute atomic E-state index is 1.25. The molecule has 0 bridgehead atoms. The predicted molar refractivity (Wildman–Crippen MR) is 53.0 cm³/mol. The second-order valence-electron chi connectivity index (χ2n) is 2.87. The van der Waals surface area contributed by atoms with Gasteiger partial charge in [0.15, 0.2) is 0 Å². The quantitative estimate of drug-likeness (QED) is 0.559. The van der Waals surface area contributed by atoms with Gasteiger partial charge in [0.25, 0.3) is 0 Å².